The maximum Gasteiger partial charge on any atom is 1.00 e. The summed E-state index contributed by atoms with van der Waals surface area (Å²) in [6.07, 6.45) is -58.1. The standard InChI is InChI=1S/C46H77N3O37S.Na/c1-12(54)47-22-15(57)5-46(45(69)70,85-37(22)25(59)16(58)6-50)86-39-28(62)19(9-53)79-44(34(39)68)83-36-23(48-13(2)55)40(74-4)80-20(29(36)63)10-75-41-24(49-14(3)56)38(84-43-33(67)31(65)27(61)18(8-52)78-43)35(21(81-41)11-76-87(71,72)73)82-42-32(66)30(64)26(60)17(7-51)77-42;/h15-44,50-53,57-68H,5-11H2,1-4H3,(H,47,54)(H,48,55)(H,49,56)(H,69,70)(H,71,72,73);/q;+1/p-1/t15-,16+,17+,18-,19+,20+,21+,22+,23+,24+,25+,26-,27+,28-,29-,30-,31+,32+,33-,34+,35+,36+,37+,38+,39-,40-,41+,42-,43-,44-,46-;/m0./s1. The Kier molecular flexibility index (Phi) is 28.3. The van der Waals surface area contributed by atoms with Crippen LogP contribution in [-0.4, -0.2) is 360 Å². The predicted octanol–water partition coefficient (Wildman–Crippen LogP) is -17.3. The van der Waals surface area contributed by atoms with Crippen molar-refractivity contribution in [1.29, 1.82) is 0 Å². The molecule has 0 aromatic rings. The van der Waals surface area contributed by atoms with E-state index >= 15 is 0 Å². The van der Waals surface area contributed by atoms with Crippen molar-refractivity contribution in [1.82, 2.24) is 10.6 Å². The van der Waals surface area contributed by atoms with Crippen molar-refractivity contribution in [2.45, 2.75) is 217 Å². The number of carbonyl (C=O) groups is 3. The Morgan fingerprint density at radius 3 is 1.53 bits per heavy atom. The maximum absolute atomic E-state index is 13.1. The molecule has 0 unspecified atom stereocenters. The van der Waals surface area contributed by atoms with Crippen molar-refractivity contribution < 1.29 is 210 Å². The van der Waals surface area contributed by atoms with Crippen molar-refractivity contribution in [3.63, 3.8) is 0 Å². The molecule has 6 aliphatic rings. The number of methoxy groups -OCH3 is 1. The van der Waals surface area contributed by atoms with E-state index in [0.29, 0.717) is 0 Å². The van der Waals surface area contributed by atoms with E-state index in [1.54, 1.807) is 0 Å². The molecule has 6 aliphatic heterocycles. The first-order valence-electron chi connectivity index (χ1n) is 26.7. The second kappa shape index (κ2) is 32.7. The Bertz CT molecular complexity index is 2390. The summed E-state index contributed by atoms with van der Waals surface area (Å²) in [6.45, 7) is -3.97. The average Bonchev–Trinajstić information content (AvgIpc) is 1.21. The number of amides is 2. The molecule has 40 nitrogen and oxygen atoms in total. The van der Waals surface area contributed by atoms with Crippen LogP contribution in [0.15, 0.2) is 4.99 Å². The third-order valence-electron chi connectivity index (χ3n) is 14.9. The number of hydrogen-bond acceptors (Lipinski definition) is 36. The summed E-state index contributed by atoms with van der Waals surface area (Å²) in [4.78, 5) is 42.7. The van der Waals surface area contributed by atoms with Gasteiger partial charge >= 0.3 is 45.9 Å². The number of hydrogen-bond donors (Lipinski definition) is 20. The fraction of sp³-hybridized carbons (Fsp3) is 0.913. The Morgan fingerprint density at radius 2 is 1.07 bits per heavy atom. The number of carbonyl (C=O) groups excluding carboxylic acids is 2. The number of ether oxygens (including phenoxy) is 12. The minimum Gasteiger partial charge on any atom is -0.862 e. The molecule has 0 saturated carbocycles. The van der Waals surface area contributed by atoms with Crippen LogP contribution in [0, 0.1) is 0 Å². The molecule has 504 valence electrons. The van der Waals surface area contributed by atoms with Gasteiger partial charge in [-0.05, 0) is 12.8 Å². The monoisotopic (exact) mass is 1320 g/mol. The maximum atomic E-state index is 13.1. The summed E-state index contributed by atoms with van der Waals surface area (Å²) >= 11 is 0. The van der Waals surface area contributed by atoms with Gasteiger partial charge in [0.05, 0.1) is 45.7 Å². The van der Waals surface area contributed by atoms with Crippen LogP contribution in [0.2, 0.25) is 0 Å². The van der Waals surface area contributed by atoms with Gasteiger partial charge in [0.2, 0.25) is 11.8 Å². The number of aliphatic imine (C=N–C) groups is 1. The zero-order chi connectivity index (χ0) is 64.9. The van der Waals surface area contributed by atoms with Crippen LogP contribution in [0.25, 0.3) is 0 Å². The van der Waals surface area contributed by atoms with Gasteiger partial charge < -0.3 is 159 Å². The molecule has 6 saturated heterocycles. The van der Waals surface area contributed by atoms with Crippen LogP contribution in [0.1, 0.15) is 27.2 Å². The van der Waals surface area contributed by atoms with Crippen molar-refractivity contribution >= 4 is 34.1 Å². The van der Waals surface area contributed by atoms with E-state index in [9.17, 15) is 119 Å². The normalized spacial score (nSPS) is 44.3. The molecule has 0 aromatic heterocycles. The molecule has 0 spiro atoms. The van der Waals surface area contributed by atoms with Crippen LogP contribution >= 0.6 is 0 Å². The number of nitrogens with one attached hydrogen (secondary N) is 2. The van der Waals surface area contributed by atoms with Crippen LogP contribution in [0.4, 0.5) is 0 Å². The topological polar surface area (TPSA) is 629 Å². The van der Waals surface area contributed by atoms with Gasteiger partial charge in [-0.25, -0.2) is 8.98 Å². The Hall–Kier alpha value is -2.37. The number of aliphatic carboxylic acids is 1. The van der Waals surface area contributed by atoms with Gasteiger partial charge in [0.15, 0.2) is 31.5 Å². The molecule has 2 amide bonds. The van der Waals surface area contributed by atoms with Gasteiger partial charge in [-0.15, -0.1) is 0 Å². The van der Waals surface area contributed by atoms with E-state index in [1.165, 1.54) is 0 Å². The third-order valence-corrected chi connectivity index (χ3v) is 15.4. The van der Waals surface area contributed by atoms with Gasteiger partial charge in [0.25, 0.3) is 5.79 Å². The number of nitrogens with zero attached hydrogens (tertiary/aromatic N) is 1. The van der Waals surface area contributed by atoms with Crippen LogP contribution in [-0.2, 0) is 85.8 Å². The number of carboxylic acids is 1. The first-order chi connectivity index (χ1) is 40.8. The van der Waals surface area contributed by atoms with Gasteiger partial charge in [0.1, 0.15) is 146 Å². The quantitative estimate of drug-likeness (QED) is 0.0175. The second-order valence-electron chi connectivity index (χ2n) is 21.1. The smallest absolute Gasteiger partial charge is 0.862 e. The molecular formula is C46H76N3NaO37S. The molecule has 6 rings (SSSR count). The van der Waals surface area contributed by atoms with E-state index in [2.05, 4.69) is 19.8 Å². The van der Waals surface area contributed by atoms with Crippen LogP contribution in [0.3, 0.4) is 0 Å². The second-order valence-corrected chi connectivity index (χ2v) is 22.2. The minimum absolute atomic E-state index is 0. The summed E-state index contributed by atoms with van der Waals surface area (Å²) < 4.78 is 108. The molecule has 6 fully saturated rings. The first kappa shape index (κ1) is 76.3. The first-order valence-corrected chi connectivity index (χ1v) is 28.1. The molecule has 20 N–H and O–H groups in total. The van der Waals surface area contributed by atoms with E-state index in [0.717, 1.165) is 27.9 Å². The summed E-state index contributed by atoms with van der Waals surface area (Å²) in [5, 5.41) is 200. The van der Waals surface area contributed by atoms with Gasteiger partial charge in [0, 0.05) is 27.4 Å². The summed E-state index contributed by atoms with van der Waals surface area (Å²) in [7, 11) is -4.43. The Labute approximate surface area is 521 Å². The molecule has 0 radical (unpaired) electrons. The molecule has 0 bridgehead atoms. The summed E-state index contributed by atoms with van der Waals surface area (Å²) in [6, 6.07) is -5.46. The zero-order valence-corrected chi connectivity index (χ0v) is 50.2. The molecule has 0 aliphatic carbocycles. The molecule has 88 heavy (non-hydrogen) atoms. The van der Waals surface area contributed by atoms with Crippen molar-refractivity contribution in [3.8, 4) is 0 Å². The number of rotatable bonds is 25. The molecule has 31 atom stereocenters. The molecule has 42 heteroatoms. The van der Waals surface area contributed by atoms with E-state index in [-0.39, 0.29) is 29.6 Å². The third kappa shape index (κ3) is 17.7. The molecule has 6 heterocycles. The minimum atomic E-state index is -5.46. The predicted molar refractivity (Wildman–Crippen MR) is 266 cm³/mol. The number of aliphatic hydroxyl groups is 16. The van der Waals surface area contributed by atoms with Crippen molar-refractivity contribution in [2.75, 3.05) is 46.8 Å². The van der Waals surface area contributed by atoms with Crippen molar-refractivity contribution in [3.05, 3.63) is 0 Å². The van der Waals surface area contributed by atoms with E-state index in [4.69, 9.17) is 56.8 Å². The van der Waals surface area contributed by atoms with Crippen LogP contribution in [0.5, 0.6) is 0 Å². The van der Waals surface area contributed by atoms with Gasteiger partial charge in [-0.2, -0.15) is 8.42 Å². The van der Waals surface area contributed by atoms with E-state index < -0.39 is 270 Å². The van der Waals surface area contributed by atoms with E-state index in [1.807, 2.05) is 0 Å². The summed E-state index contributed by atoms with van der Waals surface area (Å²) in [5.74, 6) is -8.20. The van der Waals surface area contributed by atoms with Gasteiger partial charge in [-0.1, -0.05) is 0 Å². The fourth-order valence-electron chi connectivity index (χ4n) is 10.6. The van der Waals surface area contributed by atoms with Crippen molar-refractivity contribution in [2.24, 2.45) is 4.99 Å². The zero-order valence-electron chi connectivity index (χ0n) is 47.4. The molecular weight excluding hydrogens is 1240 g/mol. The fourth-order valence-corrected chi connectivity index (χ4v) is 10.9. The Balaban J connectivity index is 0.0000141. The molecule has 0 aromatic carbocycles. The van der Waals surface area contributed by atoms with Crippen LogP contribution < -0.4 is 45.3 Å². The SMILES string of the molecule is CO[C@H]1O[C@H](CO[C@@H]2O[C@H](COS(=O)(=O)O)[C@@H](O[C@@H]3O[C@H](CO)[C@H](O)[C@H](O)[C@H]3O)[C@H](O[C@@H]3O[C@@H](CO)[C@@H](O)[C@@H](O)[C@@H]3O)[C@H]2NC(C)=O)[C@H](O)[C@H](O[C@@H]2O[C@H](CO)[C@H](O)[C@H](O[C@]3(C(=O)O)C[C@H](O)[C@@H](N=C(C)[O-])[C@H]([C@H](O)[C@H](O)CO)O3)[C@H]2O)[C@H]1NC(C)=O.[Na+]. The largest absolute Gasteiger partial charge is 1.00 e. The van der Waals surface area contributed by atoms with Gasteiger partial charge in [-0.3, -0.25) is 19.1 Å². The Morgan fingerprint density at radius 1 is 0.614 bits per heavy atom. The number of carboxylic acid groups (broad SMARTS) is 1. The summed E-state index contributed by atoms with van der Waals surface area (Å²) in [5.41, 5.74) is 0. The average molecular weight is 1320 g/mol. The number of aliphatic hydroxyl groups excluding tert-OH is 16.